The lowest BCUT2D eigenvalue weighted by molar-refractivity contribution is -0.385. The third-order valence-electron chi connectivity index (χ3n) is 1.89. The normalized spacial score (nSPS) is 9.73. The summed E-state index contributed by atoms with van der Waals surface area (Å²) >= 11 is 0. The summed E-state index contributed by atoms with van der Waals surface area (Å²) in [6.07, 6.45) is 0.559. The molecule has 0 aliphatic carbocycles. The molecule has 5 heteroatoms. The molecule has 80 valence electrons. The average Bonchev–Trinajstić information content (AvgIpc) is 2.15. The summed E-state index contributed by atoms with van der Waals surface area (Å²) in [4.78, 5) is 20.4. The Hall–Kier alpha value is -1.91. The molecule has 0 aliphatic heterocycles. The van der Waals surface area contributed by atoms with E-state index in [2.05, 4.69) is 0 Å². The van der Waals surface area contributed by atoms with Gasteiger partial charge in [0.1, 0.15) is 6.61 Å². The lowest BCUT2D eigenvalue weighted by Gasteiger charge is -2.07. The summed E-state index contributed by atoms with van der Waals surface area (Å²) in [5.41, 5.74) is 1.34. The van der Waals surface area contributed by atoms with Crippen molar-refractivity contribution < 1.29 is 14.5 Å². The number of ether oxygens (including phenoxy) is 1. The molecule has 15 heavy (non-hydrogen) atoms. The van der Waals surface area contributed by atoms with Crippen LogP contribution in [0, 0.1) is 24.0 Å². The fourth-order valence-electron chi connectivity index (χ4n) is 1.37. The highest BCUT2D eigenvalue weighted by atomic mass is 16.6. The van der Waals surface area contributed by atoms with Gasteiger partial charge in [-0.05, 0) is 25.0 Å². The Bertz CT molecular complexity index is 401. The maximum atomic E-state index is 10.7. The summed E-state index contributed by atoms with van der Waals surface area (Å²) in [5, 5.41) is 10.7. The SMILES string of the molecule is Cc1cc(C)c(OCC=O)c([N+](=O)[O-])c1. The van der Waals surface area contributed by atoms with Crippen LogP contribution in [0.4, 0.5) is 5.69 Å². The number of carbonyl (C=O) groups excluding carboxylic acids is 1. The van der Waals surface area contributed by atoms with Crippen molar-refractivity contribution in [3.8, 4) is 5.75 Å². The molecule has 1 aromatic rings. The van der Waals surface area contributed by atoms with E-state index >= 15 is 0 Å². The van der Waals surface area contributed by atoms with Crippen LogP contribution in [0.15, 0.2) is 12.1 Å². The molecule has 0 heterocycles. The molecule has 0 atom stereocenters. The monoisotopic (exact) mass is 209 g/mol. The summed E-state index contributed by atoms with van der Waals surface area (Å²) in [6, 6.07) is 3.19. The zero-order chi connectivity index (χ0) is 11.4. The van der Waals surface area contributed by atoms with Crippen molar-refractivity contribution >= 4 is 12.0 Å². The molecule has 5 nitrogen and oxygen atoms in total. The van der Waals surface area contributed by atoms with E-state index < -0.39 is 4.92 Å². The first-order chi connectivity index (χ1) is 7.06. The number of carbonyl (C=O) groups is 1. The van der Waals surface area contributed by atoms with Gasteiger partial charge in [-0.2, -0.15) is 0 Å². The topological polar surface area (TPSA) is 69.4 Å². The second-order valence-electron chi connectivity index (χ2n) is 3.16. The van der Waals surface area contributed by atoms with E-state index in [1.54, 1.807) is 19.9 Å². The van der Waals surface area contributed by atoms with E-state index in [0.717, 1.165) is 5.56 Å². The van der Waals surface area contributed by atoms with Crippen molar-refractivity contribution in [2.45, 2.75) is 13.8 Å². The van der Waals surface area contributed by atoms with E-state index in [1.165, 1.54) is 6.07 Å². The van der Waals surface area contributed by atoms with Gasteiger partial charge in [-0.3, -0.25) is 14.9 Å². The van der Waals surface area contributed by atoms with E-state index in [4.69, 9.17) is 4.74 Å². The number of hydrogen-bond donors (Lipinski definition) is 0. The second kappa shape index (κ2) is 4.54. The molecular formula is C10H11NO4. The molecule has 0 saturated carbocycles. The molecule has 0 bridgehead atoms. The Labute approximate surface area is 86.8 Å². The molecule has 0 unspecified atom stereocenters. The fraction of sp³-hybridized carbons (Fsp3) is 0.300. The van der Waals surface area contributed by atoms with Crippen LogP contribution in [0.2, 0.25) is 0 Å². The van der Waals surface area contributed by atoms with Crippen molar-refractivity contribution in [2.75, 3.05) is 6.61 Å². The largest absolute Gasteiger partial charge is 0.479 e. The van der Waals surface area contributed by atoms with Crippen molar-refractivity contribution in [1.29, 1.82) is 0 Å². The average molecular weight is 209 g/mol. The smallest absolute Gasteiger partial charge is 0.311 e. The minimum absolute atomic E-state index is 0.102. The minimum atomic E-state index is -0.514. The number of nitro benzene ring substituents is 1. The first kappa shape index (κ1) is 11.2. The van der Waals surface area contributed by atoms with Gasteiger partial charge in [-0.1, -0.05) is 6.07 Å². The molecule has 0 amide bonds. The zero-order valence-electron chi connectivity index (χ0n) is 8.52. The van der Waals surface area contributed by atoms with Crippen LogP contribution in [0.3, 0.4) is 0 Å². The van der Waals surface area contributed by atoms with Crippen LogP contribution < -0.4 is 4.74 Å². The first-order valence-electron chi connectivity index (χ1n) is 4.38. The summed E-state index contributed by atoms with van der Waals surface area (Å²) < 4.78 is 5.02. The maximum absolute atomic E-state index is 10.7. The maximum Gasteiger partial charge on any atom is 0.311 e. The molecule has 0 aliphatic rings. The van der Waals surface area contributed by atoms with Crippen LogP contribution in [-0.4, -0.2) is 17.8 Å². The molecule has 0 aromatic heterocycles. The number of rotatable bonds is 4. The minimum Gasteiger partial charge on any atom is -0.479 e. The summed E-state index contributed by atoms with van der Waals surface area (Å²) in [5.74, 6) is 0.165. The molecular weight excluding hydrogens is 198 g/mol. The van der Waals surface area contributed by atoms with Crippen LogP contribution >= 0.6 is 0 Å². The van der Waals surface area contributed by atoms with Crippen molar-refractivity contribution in [3.63, 3.8) is 0 Å². The Morgan fingerprint density at radius 3 is 2.67 bits per heavy atom. The van der Waals surface area contributed by atoms with Gasteiger partial charge in [0.15, 0.2) is 6.29 Å². The van der Waals surface area contributed by atoms with Gasteiger partial charge in [-0.15, -0.1) is 0 Å². The van der Waals surface area contributed by atoms with E-state index in [-0.39, 0.29) is 18.0 Å². The second-order valence-corrected chi connectivity index (χ2v) is 3.16. The number of aldehydes is 1. The molecule has 1 rings (SSSR count). The van der Waals surface area contributed by atoms with Gasteiger partial charge < -0.3 is 4.74 Å². The highest BCUT2D eigenvalue weighted by molar-refractivity contribution is 5.56. The fourth-order valence-corrected chi connectivity index (χ4v) is 1.37. The molecule has 1 aromatic carbocycles. The quantitative estimate of drug-likeness (QED) is 0.430. The number of nitro groups is 1. The van der Waals surface area contributed by atoms with Crippen molar-refractivity contribution in [1.82, 2.24) is 0 Å². The summed E-state index contributed by atoms with van der Waals surface area (Å²) in [6.45, 7) is 3.30. The van der Waals surface area contributed by atoms with Gasteiger partial charge in [0, 0.05) is 6.07 Å². The van der Waals surface area contributed by atoms with Crippen LogP contribution in [0.25, 0.3) is 0 Å². The third kappa shape index (κ3) is 2.52. The highest BCUT2D eigenvalue weighted by Gasteiger charge is 2.18. The molecule has 0 N–H and O–H groups in total. The lowest BCUT2D eigenvalue weighted by atomic mass is 10.1. The lowest BCUT2D eigenvalue weighted by Crippen LogP contribution is -2.03. The van der Waals surface area contributed by atoms with Crippen LogP contribution in [0.1, 0.15) is 11.1 Å². The van der Waals surface area contributed by atoms with Gasteiger partial charge in [0.2, 0.25) is 5.75 Å². The highest BCUT2D eigenvalue weighted by Crippen LogP contribution is 2.31. The summed E-state index contributed by atoms with van der Waals surface area (Å²) in [7, 11) is 0. The molecule has 0 saturated heterocycles. The van der Waals surface area contributed by atoms with Crippen LogP contribution in [0.5, 0.6) is 5.75 Å². The predicted molar refractivity (Wildman–Crippen MR) is 54.1 cm³/mol. The number of nitrogens with zero attached hydrogens (tertiary/aromatic N) is 1. The van der Waals surface area contributed by atoms with Gasteiger partial charge in [0.25, 0.3) is 0 Å². The van der Waals surface area contributed by atoms with Crippen molar-refractivity contribution in [2.24, 2.45) is 0 Å². The number of aryl methyl sites for hydroxylation is 2. The Balaban J connectivity index is 3.20. The zero-order valence-corrected chi connectivity index (χ0v) is 8.52. The van der Waals surface area contributed by atoms with E-state index in [1.807, 2.05) is 0 Å². The molecule has 0 radical (unpaired) electrons. The van der Waals surface area contributed by atoms with Gasteiger partial charge in [-0.25, -0.2) is 0 Å². The molecule has 0 spiro atoms. The first-order valence-corrected chi connectivity index (χ1v) is 4.38. The van der Waals surface area contributed by atoms with E-state index in [0.29, 0.717) is 11.8 Å². The van der Waals surface area contributed by atoms with Gasteiger partial charge in [0.05, 0.1) is 4.92 Å². The van der Waals surface area contributed by atoms with Crippen LogP contribution in [-0.2, 0) is 4.79 Å². The standard InChI is InChI=1S/C10H11NO4/c1-7-5-8(2)10(15-4-3-12)9(6-7)11(13)14/h3,5-6H,4H2,1-2H3. The van der Waals surface area contributed by atoms with Crippen molar-refractivity contribution in [3.05, 3.63) is 33.4 Å². The Kier molecular flexibility index (Phi) is 3.38. The van der Waals surface area contributed by atoms with E-state index in [9.17, 15) is 14.9 Å². The Morgan fingerprint density at radius 1 is 1.47 bits per heavy atom. The van der Waals surface area contributed by atoms with Gasteiger partial charge >= 0.3 is 5.69 Å². The number of hydrogen-bond acceptors (Lipinski definition) is 4. The Morgan fingerprint density at radius 2 is 2.13 bits per heavy atom. The molecule has 0 fully saturated rings. The predicted octanol–water partition coefficient (Wildman–Crippen LogP) is 1.79. The third-order valence-corrected chi connectivity index (χ3v) is 1.89. The number of benzene rings is 1.